The van der Waals surface area contributed by atoms with Crippen LogP contribution in [-0.2, 0) is 10.0 Å². The van der Waals surface area contributed by atoms with Crippen molar-refractivity contribution in [2.75, 3.05) is 19.3 Å². The Labute approximate surface area is 121 Å². The Morgan fingerprint density at radius 3 is 2.86 bits per heavy atom. The number of carboxylic acids is 1. The molecule has 10 heteroatoms. The maximum Gasteiger partial charge on any atom is 0.354 e. The van der Waals surface area contributed by atoms with Crippen LogP contribution in [0.2, 0.25) is 0 Å². The topological polar surface area (TPSA) is 132 Å². The first kappa shape index (κ1) is 15.4. The summed E-state index contributed by atoms with van der Waals surface area (Å²) in [6.07, 6.45) is 3.46. The standard InChI is InChI=1S/C11H16N4O5S/c1-21(19,20)14-7-3-2-4-15(5-7)10(16)8-9(11(17)18)13-6-12-8/h6-7,14H,2-5H2,1H3,(H,12,13)(H,17,18). The van der Waals surface area contributed by atoms with Crippen LogP contribution in [0.25, 0.3) is 0 Å². The minimum absolute atomic E-state index is 0.164. The number of sulfonamides is 1. The fourth-order valence-corrected chi connectivity index (χ4v) is 3.13. The number of piperidine rings is 1. The SMILES string of the molecule is CS(=O)(=O)NC1CCCN(C(=O)c2nc[nH]c2C(=O)O)C1. The van der Waals surface area contributed by atoms with Gasteiger partial charge in [0, 0.05) is 19.1 Å². The highest BCUT2D eigenvalue weighted by molar-refractivity contribution is 7.88. The third-order valence-electron chi connectivity index (χ3n) is 3.15. The minimum atomic E-state index is -3.35. The first-order valence-corrected chi connectivity index (χ1v) is 8.20. The summed E-state index contributed by atoms with van der Waals surface area (Å²) in [5.74, 6) is -1.78. The van der Waals surface area contributed by atoms with Gasteiger partial charge in [0.2, 0.25) is 10.0 Å². The van der Waals surface area contributed by atoms with E-state index in [0.717, 1.165) is 12.6 Å². The first-order chi connectivity index (χ1) is 9.78. The van der Waals surface area contributed by atoms with Gasteiger partial charge < -0.3 is 15.0 Å². The lowest BCUT2D eigenvalue weighted by molar-refractivity contribution is 0.0651. The average Bonchev–Trinajstić information content (AvgIpc) is 2.85. The van der Waals surface area contributed by atoms with E-state index in [1.807, 2.05) is 0 Å². The summed E-state index contributed by atoms with van der Waals surface area (Å²) < 4.78 is 24.9. The summed E-state index contributed by atoms with van der Waals surface area (Å²) in [5.41, 5.74) is -0.430. The zero-order valence-corrected chi connectivity index (χ0v) is 12.2. The number of aromatic carboxylic acids is 1. The Hall–Kier alpha value is -1.94. The molecule has 0 saturated carbocycles. The third-order valence-corrected chi connectivity index (χ3v) is 3.91. The zero-order valence-electron chi connectivity index (χ0n) is 11.4. The van der Waals surface area contributed by atoms with Gasteiger partial charge in [-0.25, -0.2) is 22.9 Å². The second kappa shape index (κ2) is 5.82. The highest BCUT2D eigenvalue weighted by Gasteiger charge is 2.29. The number of hydrogen-bond acceptors (Lipinski definition) is 5. The molecule has 3 N–H and O–H groups in total. The summed E-state index contributed by atoms with van der Waals surface area (Å²) in [6.45, 7) is 0.629. The summed E-state index contributed by atoms with van der Waals surface area (Å²) in [7, 11) is -3.35. The first-order valence-electron chi connectivity index (χ1n) is 6.31. The van der Waals surface area contributed by atoms with Gasteiger partial charge in [-0.3, -0.25) is 4.79 Å². The summed E-state index contributed by atoms with van der Waals surface area (Å²) in [5, 5.41) is 8.97. The zero-order chi connectivity index (χ0) is 15.6. The number of aromatic amines is 1. The van der Waals surface area contributed by atoms with E-state index >= 15 is 0 Å². The van der Waals surface area contributed by atoms with Crippen molar-refractivity contribution in [1.29, 1.82) is 0 Å². The molecule has 1 aromatic heterocycles. The van der Waals surface area contributed by atoms with Crippen LogP contribution in [0, 0.1) is 0 Å². The highest BCUT2D eigenvalue weighted by atomic mass is 32.2. The Bertz CT molecular complexity index is 653. The van der Waals surface area contributed by atoms with Crippen LogP contribution in [0.15, 0.2) is 6.33 Å². The predicted octanol–water partition coefficient (Wildman–Crippen LogP) is -0.738. The number of likely N-dealkylation sites (tertiary alicyclic amines) is 1. The molecule has 2 heterocycles. The smallest absolute Gasteiger partial charge is 0.354 e. The molecule has 9 nitrogen and oxygen atoms in total. The van der Waals surface area contributed by atoms with Gasteiger partial charge in [0.15, 0.2) is 11.4 Å². The number of aromatic nitrogens is 2. The van der Waals surface area contributed by atoms with Crippen LogP contribution >= 0.6 is 0 Å². The molecule has 21 heavy (non-hydrogen) atoms. The molecule has 1 unspecified atom stereocenters. The summed E-state index contributed by atoms with van der Waals surface area (Å²) in [4.78, 5) is 30.9. The van der Waals surface area contributed by atoms with Crippen molar-refractivity contribution in [3.05, 3.63) is 17.7 Å². The van der Waals surface area contributed by atoms with Gasteiger partial charge in [-0.2, -0.15) is 0 Å². The molecule has 1 aliphatic rings. The molecule has 1 amide bonds. The Kier molecular flexibility index (Phi) is 4.28. The molecule has 1 saturated heterocycles. The maximum atomic E-state index is 12.3. The second-order valence-electron chi connectivity index (χ2n) is 4.91. The number of hydrogen-bond donors (Lipinski definition) is 3. The third kappa shape index (κ3) is 3.79. The van der Waals surface area contributed by atoms with Gasteiger partial charge in [0.05, 0.1) is 12.6 Å². The molecule has 2 rings (SSSR count). The molecular formula is C11H16N4O5S. The fraction of sp³-hybridized carbons (Fsp3) is 0.545. The van der Waals surface area contributed by atoms with Crippen molar-refractivity contribution in [2.24, 2.45) is 0 Å². The number of imidazole rings is 1. The number of carbonyl (C=O) groups excluding carboxylic acids is 1. The van der Waals surface area contributed by atoms with E-state index in [-0.39, 0.29) is 24.0 Å². The number of nitrogens with zero attached hydrogens (tertiary/aromatic N) is 2. The molecule has 0 spiro atoms. The summed E-state index contributed by atoms with van der Waals surface area (Å²) >= 11 is 0. The number of carbonyl (C=O) groups is 2. The van der Waals surface area contributed by atoms with E-state index in [1.165, 1.54) is 4.90 Å². The largest absolute Gasteiger partial charge is 0.477 e. The lowest BCUT2D eigenvalue weighted by atomic mass is 10.1. The van der Waals surface area contributed by atoms with Crippen molar-refractivity contribution >= 4 is 21.9 Å². The van der Waals surface area contributed by atoms with E-state index < -0.39 is 21.9 Å². The maximum absolute atomic E-state index is 12.3. The van der Waals surface area contributed by atoms with E-state index in [1.54, 1.807) is 0 Å². The highest BCUT2D eigenvalue weighted by Crippen LogP contribution is 2.15. The van der Waals surface area contributed by atoms with Crippen LogP contribution in [0.4, 0.5) is 0 Å². The predicted molar refractivity (Wildman–Crippen MR) is 72.5 cm³/mol. The number of carboxylic acid groups (broad SMARTS) is 1. The molecule has 0 bridgehead atoms. The van der Waals surface area contributed by atoms with Crippen LogP contribution in [0.3, 0.4) is 0 Å². The van der Waals surface area contributed by atoms with E-state index in [0.29, 0.717) is 19.4 Å². The Balaban J connectivity index is 2.12. The number of rotatable bonds is 4. The van der Waals surface area contributed by atoms with Crippen molar-refractivity contribution in [1.82, 2.24) is 19.6 Å². The number of amides is 1. The molecule has 0 aliphatic carbocycles. The van der Waals surface area contributed by atoms with Gasteiger partial charge in [0.25, 0.3) is 5.91 Å². The van der Waals surface area contributed by atoms with Gasteiger partial charge >= 0.3 is 5.97 Å². The van der Waals surface area contributed by atoms with Crippen molar-refractivity contribution < 1.29 is 23.1 Å². The van der Waals surface area contributed by atoms with Gasteiger partial charge in [-0.1, -0.05) is 0 Å². The van der Waals surface area contributed by atoms with Crippen LogP contribution in [0.1, 0.15) is 33.8 Å². The molecular weight excluding hydrogens is 300 g/mol. The normalized spacial score (nSPS) is 19.5. The molecule has 1 aromatic rings. The molecule has 0 radical (unpaired) electrons. The second-order valence-corrected chi connectivity index (χ2v) is 6.69. The van der Waals surface area contributed by atoms with E-state index in [9.17, 15) is 18.0 Å². The molecule has 0 aromatic carbocycles. The molecule has 1 aliphatic heterocycles. The minimum Gasteiger partial charge on any atom is -0.477 e. The van der Waals surface area contributed by atoms with Gasteiger partial charge in [0.1, 0.15) is 0 Å². The monoisotopic (exact) mass is 316 g/mol. The van der Waals surface area contributed by atoms with Crippen molar-refractivity contribution in [3.63, 3.8) is 0 Å². The lowest BCUT2D eigenvalue weighted by Crippen LogP contribution is -2.49. The molecule has 1 fully saturated rings. The Morgan fingerprint density at radius 1 is 1.52 bits per heavy atom. The molecule has 116 valence electrons. The molecule has 1 atom stereocenters. The van der Waals surface area contributed by atoms with Crippen molar-refractivity contribution in [2.45, 2.75) is 18.9 Å². The van der Waals surface area contributed by atoms with E-state index in [2.05, 4.69) is 14.7 Å². The number of H-pyrrole nitrogens is 1. The fourth-order valence-electron chi connectivity index (χ4n) is 2.33. The van der Waals surface area contributed by atoms with Crippen molar-refractivity contribution in [3.8, 4) is 0 Å². The van der Waals surface area contributed by atoms with E-state index in [4.69, 9.17) is 5.11 Å². The summed E-state index contributed by atoms with van der Waals surface area (Å²) in [6, 6.07) is -0.370. The van der Waals surface area contributed by atoms with Crippen LogP contribution in [0.5, 0.6) is 0 Å². The number of nitrogens with one attached hydrogen (secondary N) is 2. The van der Waals surface area contributed by atoms with Gasteiger partial charge in [-0.05, 0) is 12.8 Å². The van der Waals surface area contributed by atoms with Crippen LogP contribution in [-0.4, -0.2) is 65.7 Å². The van der Waals surface area contributed by atoms with Gasteiger partial charge in [-0.15, -0.1) is 0 Å². The quantitative estimate of drug-likeness (QED) is 0.670. The lowest BCUT2D eigenvalue weighted by Gasteiger charge is -2.32. The Morgan fingerprint density at radius 2 is 2.24 bits per heavy atom. The van der Waals surface area contributed by atoms with Crippen LogP contribution < -0.4 is 4.72 Å². The average molecular weight is 316 g/mol.